The Balaban J connectivity index is 1.86. The monoisotopic (exact) mass is 384 g/mol. The number of rotatable bonds is 5. The van der Waals surface area contributed by atoms with E-state index in [4.69, 9.17) is 13.9 Å². The minimum absolute atomic E-state index is 0.198. The van der Waals surface area contributed by atoms with E-state index in [0.717, 1.165) is 12.0 Å². The Labute approximate surface area is 163 Å². The molecule has 0 unspecified atom stereocenters. The SMILES string of the molecule is COc1ccccc1C(=O)N/N=C1\CCCc2oc(C(=O)OC(C)C)c(C)c21. The molecule has 0 radical (unpaired) electrons. The summed E-state index contributed by atoms with van der Waals surface area (Å²) in [4.78, 5) is 24.8. The molecule has 0 aliphatic heterocycles. The number of aryl methyl sites for hydroxylation is 1. The fourth-order valence-corrected chi connectivity index (χ4v) is 3.25. The van der Waals surface area contributed by atoms with Gasteiger partial charge in [-0.1, -0.05) is 12.1 Å². The third-order valence-electron chi connectivity index (χ3n) is 4.50. The predicted octanol–water partition coefficient (Wildman–Crippen LogP) is 3.63. The zero-order valence-electron chi connectivity index (χ0n) is 16.5. The highest BCUT2D eigenvalue weighted by atomic mass is 16.6. The molecular weight excluding hydrogens is 360 g/mol. The summed E-state index contributed by atoms with van der Waals surface area (Å²) in [6, 6.07) is 6.94. The Morgan fingerprint density at radius 2 is 1.96 bits per heavy atom. The molecule has 1 N–H and O–H groups in total. The molecule has 1 aliphatic carbocycles. The lowest BCUT2D eigenvalue weighted by atomic mass is 9.93. The van der Waals surface area contributed by atoms with Crippen LogP contribution in [0.3, 0.4) is 0 Å². The van der Waals surface area contributed by atoms with Crippen LogP contribution in [0.4, 0.5) is 0 Å². The van der Waals surface area contributed by atoms with E-state index in [0.29, 0.717) is 41.2 Å². The molecule has 1 heterocycles. The van der Waals surface area contributed by atoms with Gasteiger partial charge in [-0.15, -0.1) is 0 Å². The maximum Gasteiger partial charge on any atom is 0.374 e. The van der Waals surface area contributed by atoms with E-state index in [1.54, 1.807) is 38.1 Å². The summed E-state index contributed by atoms with van der Waals surface area (Å²) < 4.78 is 16.2. The second-order valence-corrected chi connectivity index (χ2v) is 6.86. The fraction of sp³-hybridized carbons (Fsp3) is 0.381. The molecule has 7 heteroatoms. The van der Waals surface area contributed by atoms with Gasteiger partial charge in [0.15, 0.2) is 0 Å². The van der Waals surface area contributed by atoms with Crippen LogP contribution < -0.4 is 10.2 Å². The lowest BCUT2D eigenvalue weighted by Crippen LogP contribution is -2.22. The molecule has 0 saturated heterocycles. The van der Waals surface area contributed by atoms with Gasteiger partial charge in [-0.25, -0.2) is 10.2 Å². The number of hydrogen-bond donors (Lipinski definition) is 1. The predicted molar refractivity (Wildman–Crippen MR) is 104 cm³/mol. The van der Waals surface area contributed by atoms with E-state index in [-0.39, 0.29) is 17.8 Å². The van der Waals surface area contributed by atoms with Crippen LogP contribution in [0, 0.1) is 6.92 Å². The minimum atomic E-state index is -0.487. The standard InChI is InChI=1S/C21H24N2O5/c1-12(2)27-21(25)19-13(3)18-15(9-7-11-17(18)28-19)22-23-20(24)14-8-5-6-10-16(14)26-4/h5-6,8,10,12H,7,9,11H2,1-4H3,(H,23,24)/b22-15+. The van der Waals surface area contributed by atoms with Crippen molar-refractivity contribution < 1.29 is 23.5 Å². The Morgan fingerprint density at radius 3 is 2.68 bits per heavy atom. The molecule has 0 atom stereocenters. The number of nitrogens with zero attached hydrogens (tertiary/aromatic N) is 1. The van der Waals surface area contributed by atoms with Crippen molar-refractivity contribution in [2.75, 3.05) is 7.11 Å². The number of carbonyl (C=O) groups excluding carboxylic acids is 2. The number of ether oxygens (including phenoxy) is 2. The van der Waals surface area contributed by atoms with E-state index in [1.165, 1.54) is 7.11 Å². The molecule has 7 nitrogen and oxygen atoms in total. The van der Waals surface area contributed by atoms with Gasteiger partial charge >= 0.3 is 5.97 Å². The second-order valence-electron chi connectivity index (χ2n) is 6.86. The zero-order valence-corrected chi connectivity index (χ0v) is 16.5. The lowest BCUT2D eigenvalue weighted by molar-refractivity contribution is 0.0338. The van der Waals surface area contributed by atoms with Crippen LogP contribution in [0.1, 0.15) is 64.5 Å². The number of benzene rings is 1. The molecule has 0 bridgehead atoms. The number of carbonyl (C=O) groups is 2. The molecule has 1 aromatic heterocycles. The van der Waals surface area contributed by atoms with Crippen LogP contribution in [0.15, 0.2) is 33.8 Å². The van der Waals surface area contributed by atoms with Crippen LogP contribution in [0.25, 0.3) is 0 Å². The van der Waals surface area contributed by atoms with Gasteiger partial charge in [0, 0.05) is 17.5 Å². The highest BCUT2D eigenvalue weighted by Gasteiger charge is 2.29. The number of hydrogen-bond acceptors (Lipinski definition) is 6. The number of nitrogens with one attached hydrogen (secondary N) is 1. The van der Waals surface area contributed by atoms with E-state index < -0.39 is 5.97 Å². The topological polar surface area (TPSA) is 90.1 Å². The van der Waals surface area contributed by atoms with E-state index in [9.17, 15) is 9.59 Å². The summed E-state index contributed by atoms with van der Waals surface area (Å²) in [5.74, 6) is 0.522. The molecule has 1 aromatic carbocycles. The second kappa shape index (κ2) is 8.29. The summed E-state index contributed by atoms with van der Waals surface area (Å²) in [5.41, 5.74) is 5.15. The lowest BCUT2D eigenvalue weighted by Gasteiger charge is -2.14. The van der Waals surface area contributed by atoms with E-state index >= 15 is 0 Å². The van der Waals surface area contributed by atoms with E-state index in [2.05, 4.69) is 10.5 Å². The summed E-state index contributed by atoms with van der Waals surface area (Å²) in [7, 11) is 1.51. The van der Waals surface area contributed by atoms with Crippen molar-refractivity contribution in [3.63, 3.8) is 0 Å². The van der Waals surface area contributed by atoms with Crippen molar-refractivity contribution in [1.82, 2.24) is 5.43 Å². The highest BCUT2D eigenvalue weighted by Crippen LogP contribution is 2.30. The largest absolute Gasteiger partial charge is 0.496 e. The molecule has 148 valence electrons. The van der Waals surface area contributed by atoms with Crippen molar-refractivity contribution in [1.29, 1.82) is 0 Å². The van der Waals surface area contributed by atoms with Crippen molar-refractivity contribution in [2.45, 2.75) is 46.1 Å². The number of esters is 1. The molecular formula is C21H24N2O5. The average Bonchev–Trinajstić information content (AvgIpc) is 3.03. The molecule has 1 aliphatic rings. The number of furan rings is 1. The van der Waals surface area contributed by atoms with Gasteiger partial charge in [0.2, 0.25) is 5.76 Å². The maximum absolute atomic E-state index is 12.5. The van der Waals surface area contributed by atoms with Gasteiger partial charge in [0.05, 0.1) is 24.5 Å². The first-order valence-corrected chi connectivity index (χ1v) is 9.26. The summed E-state index contributed by atoms with van der Waals surface area (Å²) in [6.07, 6.45) is 1.98. The van der Waals surface area contributed by atoms with Crippen LogP contribution in [-0.2, 0) is 11.2 Å². The van der Waals surface area contributed by atoms with Crippen molar-refractivity contribution in [2.24, 2.45) is 5.10 Å². The van der Waals surface area contributed by atoms with Crippen LogP contribution in [0.2, 0.25) is 0 Å². The number of amides is 1. The minimum Gasteiger partial charge on any atom is -0.496 e. The van der Waals surface area contributed by atoms with Gasteiger partial charge in [-0.05, 0) is 45.7 Å². The van der Waals surface area contributed by atoms with Gasteiger partial charge in [-0.3, -0.25) is 4.79 Å². The van der Waals surface area contributed by atoms with Gasteiger partial charge in [-0.2, -0.15) is 5.10 Å². The first kappa shape index (κ1) is 19.7. The summed E-state index contributed by atoms with van der Waals surface area (Å²) in [5, 5.41) is 4.32. The Hall–Kier alpha value is -3.09. The Bertz CT molecular complexity index is 927. The molecule has 3 rings (SSSR count). The third kappa shape index (κ3) is 3.93. The van der Waals surface area contributed by atoms with Crippen LogP contribution >= 0.6 is 0 Å². The quantitative estimate of drug-likeness (QED) is 0.628. The van der Waals surface area contributed by atoms with Crippen LogP contribution in [0.5, 0.6) is 5.75 Å². The number of hydrazone groups is 1. The number of fused-ring (bicyclic) bond motifs is 1. The van der Waals surface area contributed by atoms with Crippen molar-refractivity contribution in [3.05, 3.63) is 52.5 Å². The normalized spacial score (nSPS) is 14.7. The first-order valence-electron chi connectivity index (χ1n) is 9.26. The van der Waals surface area contributed by atoms with Crippen molar-refractivity contribution in [3.8, 4) is 5.75 Å². The molecule has 1 amide bonds. The molecule has 0 fully saturated rings. The third-order valence-corrected chi connectivity index (χ3v) is 4.50. The maximum atomic E-state index is 12.5. The highest BCUT2D eigenvalue weighted by molar-refractivity contribution is 6.06. The number of methoxy groups -OCH3 is 1. The fourth-order valence-electron chi connectivity index (χ4n) is 3.25. The molecule has 0 spiro atoms. The Kier molecular flexibility index (Phi) is 5.82. The zero-order chi connectivity index (χ0) is 20.3. The smallest absolute Gasteiger partial charge is 0.374 e. The van der Waals surface area contributed by atoms with Gasteiger partial charge in [0.1, 0.15) is 11.5 Å². The van der Waals surface area contributed by atoms with Gasteiger partial charge in [0.25, 0.3) is 5.91 Å². The number of para-hydroxylation sites is 1. The molecule has 2 aromatic rings. The van der Waals surface area contributed by atoms with Gasteiger partial charge < -0.3 is 13.9 Å². The van der Waals surface area contributed by atoms with Crippen LogP contribution in [-0.4, -0.2) is 30.8 Å². The summed E-state index contributed by atoms with van der Waals surface area (Å²) in [6.45, 7) is 5.38. The first-order chi connectivity index (χ1) is 13.4. The van der Waals surface area contributed by atoms with Crippen molar-refractivity contribution >= 4 is 17.6 Å². The Morgan fingerprint density at radius 1 is 1.21 bits per heavy atom. The van der Waals surface area contributed by atoms with E-state index in [1.807, 2.05) is 6.92 Å². The molecule has 0 saturated carbocycles. The average molecular weight is 384 g/mol. The summed E-state index contributed by atoms with van der Waals surface area (Å²) >= 11 is 0. The molecule has 28 heavy (non-hydrogen) atoms.